The van der Waals surface area contributed by atoms with E-state index < -0.39 is 16.1 Å². The first kappa shape index (κ1) is 24.6. The van der Waals surface area contributed by atoms with Crippen LogP contribution >= 0.6 is 0 Å². The van der Waals surface area contributed by atoms with Crippen LogP contribution in [-0.4, -0.2) is 26.1 Å². The molecule has 0 spiro atoms. The van der Waals surface area contributed by atoms with Gasteiger partial charge in [0, 0.05) is 17.8 Å². The number of carbonyl (C=O) groups excluding carboxylic acids is 1. The molecule has 2 amide bonds. The van der Waals surface area contributed by atoms with Crippen molar-refractivity contribution >= 4 is 32.6 Å². The van der Waals surface area contributed by atoms with Crippen molar-refractivity contribution in [2.75, 3.05) is 12.0 Å². The van der Waals surface area contributed by atoms with E-state index in [1.165, 1.54) is 24.1 Å². The Bertz CT molecular complexity index is 1640. The predicted octanol–water partition coefficient (Wildman–Crippen LogP) is 4.37. The SMILES string of the molecule is COc1ccc(N(Cc2cc3cccc4c3n(c2=O)CCC4)C(=O)NS(=O)(=O)c2ccc(C)cc2)cc1. The van der Waals surface area contributed by atoms with Gasteiger partial charge in [-0.3, -0.25) is 9.69 Å². The minimum atomic E-state index is -4.14. The summed E-state index contributed by atoms with van der Waals surface area (Å²) in [4.78, 5) is 28.2. The minimum absolute atomic E-state index is 0.0242. The lowest BCUT2D eigenvalue weighted by Crippen LogP contribution is -2.44. The molecule has 0 aliphatic carbocycles. The topological polar surface area (TPSA) is 97.7 Å². The van der Waals surface area contributed by atoms with Crippen molar-refractivity contribution in [2.45, 2.75) is 37.8 Å². The largest absolute Gasteiger partial charge is 0.497 e. The minimum Gasteiger partial charge on any atom is -0.497 e. The van der Waals surface area contributed by atoms with Gasteiger partial charge >= 0.3 is 6.03 Å². The van der Waals surface area contributed by atoms with Crippen molar-refractivity contribution in [1.82, 2.24) is 9.29 Å². The van der Waals surface area contributed by atoms with Gasteiger partial charge in [-0.05, 0) is 73.2 Å². The number of nitrogens with zero attached hydrogens (tertiary/aromatic N) is 2. The molecule has 2 heterocycles. The van der Waals surface area contributed by atoms with E-state index >= 15 is 0 Å². The number of carbonyl (C=O) groups is 1. The van der Waals surface area contributed by atoms with Crippen LogP contribution in [-0.2, 0) is 29.5 Å². The number of rotatable bonds is 6. The van der Waals surface area contributed by atoms with Crippen molar-refractivity contribution in [2.24, 2.45) is 0 Å². The molecule has 1 N–H and O–H groups in total. The number of para-hydroxylation sites is 1. The van der Waals surface area contributed by atoms with Crippen LogP contribution in [0.5, 0.6) is 5.75 Å². The summed E-state index contributed by atoms with van der Waals surface area (Å²) < 4.78 is 35.1. The lowest BCUT2D eigenvalue weighted by molar-refractivity contribution is 0.250. The molecule has 0 fully saturated rings. The summed E-state index contributed by atoms with van der Waals surface area (Å²) >= 11 is 0. The molecule has 1 aliphatic heterocycles. The number of sulfonamides is 1. The van der Waals surface area contributed by atoms with Crippen LogP contribution < -0.4 is 19.9 Å². The molecular weight excluding hydrogens is 490 g/mol. The Labute approximate surface area is 215 Å². The Morgan fingerprint density at radius 2 is 1.78 bits per heavy atom. The predicted molar refractivity (Wildman–Crippen MR) is 143 cm³/mol. The number of methoxy groups -OCH3 is 1. The summed E-state index contributed by atoms with van der Waals surface area (Å²) in [5.74, 6) is 0.583. The number of anilines is 1. The molecule has 4 aromatic rings. The number of pyridine rings is 1. The lowest BCUT2D eigenvalue weighted by atomic mass is 10.00. The van der Waals surface area contributed by atoms with Crippen LogP contribution in [0.15, 0.2) is 82.5 Å². The number of hydrogen-bond donors (Lipinski definition) is 1. The van der Waals surface area contributed by atoms with Gasteiger partial charge in [-0.2, -0.15) is 0 Å². The highest BCUT2D eigenvalue weighted by Gasteiger charge is 2.25. The third-order valence-electron chi connectivity index (χ3n) is 6.61. The molecule has 0 saturated carbocycles. The van der Waals surface area contributed by atoms with Crippen LogP contribution in [0.2, 0.25) is 0 Å². The van der Waals surface area contributed by atoms with Crippen LogP contribution in [0.3, 0.4) is 0 Å². The molecule has 1 aliphatic rings. The van der Waals surface area contributed by atoms with Crippen LogP contribution in [0.1, 0.15) is 23.1 Å². The average Bonchev–Trinajstić information content (AvgIpc) is 2.90. The summed E-state index contributed by atoms with van der Waals surface area (Å²) in [5, 5.41) is 0.911. The van der Waals surface area contributed by atoms with Crippen molar-refractivity contribution < 1.29 is 17.9 Å². The number of aryl methyl sites for hydroxylation is 3. The van der Waals surface area contributed by atoms with Crippen LogP contribution in [0.4, 0.5) is 10.5 Å². The number of benzene rings is 3. The van der Waals surface area contributed by atoms with Crippen molar-refractivity contribution in [3.05, 3.63) is 99.8 Å². The van der Waals surface area contributed by atoms with Gasteiger partial charge in [0.15, 0.2) is 0 Å². The van der Waals surface area contributed by atoms with Crippen LogP contribution in [0, 0.1) is 6.92 Å². The normalized spacial score (nSPS) is 12.8. The highest BCUT2D eigenvalue weighted by Crippen LogP contribution is 2.26. The summed E-state index contributed by atoms with van der Waals surface area (Å²) in [6, 6.07) is 19.7. The molecule has 0 radical (unpaired) electrons. The van der Waals surface area contributed by atoms with E-state index in [0.717, 1.165) is 34.9 Å². The molecule has 0 unspecified atom stereocenters. The highest BCUT2D eigenvalue weighted by atomic mass is 32.2. The van der Waals surface area contributed by atoms with Gasteiger partial charge in [0.05, 0.1) is 24.1 Å². The Morgan fingerprint density at radius 3 is 2.49 bits per heavy atom. The fourth-order valence-electron chi connectivity index (χ4n) is 4.70. The molecule has 8 nitrogen and oxygen atoms in total. The molecule has 1 aromatic heterocycles. The Hall–Kier alpha value is -4.11. The van der Waals surface area contributed by atoms with E-state index in [4.69, 9.17) is 4.74 Å². The maximum absolute atomic E-state index is 13.5. The zero-order chi connectivity index (χ0) is 26.2. The van der Waals surface area contributed by atoms with Gasteiger partial charge in [0.2, 0.25) is 0 Å². The maximum Gasteiger partial charge on any atom is 0.336 e. The van der Waals surface area contributed by atoms with Gasteiger partial charge in [-0.1, -0.05) is 35.9 Å². The Morgan fingerprint density at radius 1 is 1.05 bits per heavy atom. The van der Waals surface area contributed by atoms with Gasteiger partial charge < -0.3 is 9.30 Å². The first-order valence-corrected chi connectivity index (χ1v) is 13.4. The van der Waals surface area contributed by atoms with Crippen molar-refractivity contribution in [3.8, 4) is 5.75 Å². The number of amides is 2. The second kappa shape index (κ2) is 9.74. The fraction of sp³-hybridized carbons (Fsp3) is 0.214. The van der Waals surface area contributed by atoms with Gasteiger partial charge in [0.1, 0.15) is 5.75 Å². The molecule has 9 heteroatoms. The van der Waals surface area contributed by atoms with Gasteiger partial charge in [0.25, 0.3) is 15.6 Å². The number of aromatic nitrogens is 1. The van der Waals surface area contributed by atoms with Crippen molar-refractivity contribution in [1.29, 1.82) is 0 Å². The van der Waals surface area contributed by atoms with Crippen molar-refractivity contribution in [3.63, 3.8) is 0 Å². The first-order chi connectivity index (χ1) is 17.8. The highest BCUT2D eigenvalue weighted by molar-refractivity contribution is 7.90. The second-order valence-electron chi connectivity index (χ2n) is 9.09. The van der Waals surface area contributed by atoms with E-state index in [-0.39, 0.29) is 17.0 Å². The van der Waals surface area contributed by atoms with E-state index in [2.05, 4.69) is 4.72 Å². The molecule has 0 saturated heterocycles. The summed E-state index contributed by atoms with van der Waals surface area (Å²) in [6.07, 6.45) is 1.76. The third-order valence-corrected chi connectivity index (χ3v) is 7.94. The fourth-order valence-corrected chi connectivity index (χ4v) is 5.65. The number of ether oxygens (including phenoxy) is 1. The van der Waals surface area contributed by atoms with Crippen LogP contribution in [0.25, 0.3) is 10.9 Å². The molecule has 190 valence electrons. The summed E-state index contributed by atoms with van der Waals surface area (Å²) in [7, 11) is -2.61. The summed E-state index contributed by atoms with van der Waals surface area (Å²) in [6.45, 7) is 2.33. The standard InChI is InChI=1S/C28H27N3O5S/c1-19-8-14-25(15-9-19)37(34,35)29-28(33)31(23-10-12-24(36-2)13-11-23)18-22-17-21-6-3-5-20-7-4-16-30(26(20)21)27(22)32/h3,5-6,8-15,17H,4,7,16,18H2,1-2H3,(H,29,33). The quantitative estimate of drug-likeness (QED) is 0.410. The molecular formula is C28H27N3O5S. The number of hydrogen-bond acceptors (Lipinski definition) is 5. The van der Waals surface area contributed by atoms with Gasteiger partial charge in [-0.25, -0.2) is 17.9 Å². The second-order valence-corrected chi connectivity index (χ2v) is 10.8. The molecule has 0 atom stereocenters. The molecule has 5 rings (SSSR count). The molecule has 0 bridgehead atoms. The molecule has 37 heavy (non-hydrogen) atoms. The van der Waals surface area contributed by atoms with E-state index in [1.807, 2.05) is 25.1 Å². The van der Waals surface area contributed by atoms with E-state index in [0.29, 0.717) is 23.5 Å². The number of urea groups is 1. The lowest BCUT2D eigenvalue weighted by Gasteiger charge is -2.25. The smallest absolute Gasteiger partial charge is 0.336 e. The summed E-state index contributed by atoms with van der Waals surface area (Å²) in [5.41, 5.74) is 3.57. The zero-order valence-electron chi connectivity index (χ0n) is 20.6. The average molecular weight is 518 g/mol. The monoisotopic (exact) mass is 517 g/mol. The Kier molecular flexibility index (Phi) is 6.47. The Balaban J connectivity index is 1.55. The third kappa shape index (κ3) is 4.82. The molecule has 3 aromatic carbocycles. The zero-order valence-corrected chi connectivity index (χ0v) is 21.4. The first-order valence-electron chi connectivity index (χ1n) is 12.0. The number of nitrogens with one attached hydrogen (secondary N) is 1. The van der Waals surface area contributed by atoms with E-state index in [9.17, 15) is 18.0 Å². The van der Waals surface area contributed by atoms with Gasteiger partial charge in [-0.15, -0.1) is 0 Å². The van der Waals surface area contributed by atoms with E-state index in [1.54, 1.807) is 47.0 Å². The maximum atomic E-state index is 13.5.